The summed E-state index contributed by atoms with van der Waals surface area (Å²) >= 11 is 0. The van der Waals surface area contributed by atoms with Crippen LogP contribution in [0.15, 0.2) is 34.9 Å². The van der Waals surface area contributed by atoms with Crippen molar-refractivity contribution in [2.24, 2.45) is 0 Å². The first-order chi connectivity index (χ1) is 6.38. The summed E-state index contributed by atoms with van der Waals surface area (Å²) in [4.78, 5) is 2.98. The molecule has 3 heteroatoms. The highest BCUT2D eigenvalue weighted by Gasteiger charge is 2.00. The largest absolute Gasteiger partial charge is 0.469 e. The minimum Gasteiger partial charge on any atom is -0.469 e. The van der Waals surface area contributed by atoms with Gasteiger partial charge in [0, 0.05) is 12.1 Å². The molecule has 0 atom stereocenters. The van der Waals surface area contributed by atoms with E-state index in [4.69, 9.17) is 9.68 Å². The Bertz CT molecular complexity index is 420. The summed E-state index contributed by atoms with van der Waals surface area (Å²) in [6.45, 7) is 0. The fourth-order valence-corrected chi connectivity index (χ4v) is 1.21. The molecule has 1 N–H and O–H groups in total. The molecule has 0 aliphatic carbocycles. The molecule has 2 aromatic rings. The highest BCUT2D eigenvalue weighted by molar-refractivity contribution is 5.26. The molecule has 0 spiro atoms. The minimum atomic E-state index is 0.585. The van der Waals surface area contributed by atoms with Crippen molar-refractivity contribution in [3.63, 3.8) is 0 Å². The Kier molecular flexibility index (Phi) is 1.89. The van der Waals surface area contributed by atoms with Crippen LogP contribution in [0.2, 0.25) is 0 Å². The van der Waals surface area contributed by atoms with Crippen LogP contribution in [0.4, 0.5) is 0 Å². The molecule has 0 bridgehead atoms. The summed E-state index contributed by atoms with van der Waals surface area (Å²) in [5, 5.41) is 8.57. The predicted molar refractivity (Wildman–Crippen MR) is 47.0 cm³/mol. The fraction of sp³-hybridized carbons (Fsp3) is 0.100. The van der Waals surface area contributed by atoms with Gasteiger partial charge in [0.05, 0.1) is 6.26 Å². The maximum absolute atomic E-state index is 8.57. The van der Waals surface area contributed by atoms with Gasteiger partial charge in [-0.25, -0.2) is 0 Å². The third kappa shape index (κ3) is 1.62. The van der Waals surface area contributed by atoms with Crippen LogP contribution >= 0.6 is 0 Å². The first-order valence-electron chi connectivity index (χ1n) is 3.99. The van der Waals surface area contributed by atoms with Crippen molar-refractivity contribution < 1.29 is 4.42 Å². The van der Waals surface area contributed by atoms with Gasteiger partial charge in [0.25, 0.3) is 0 Å². The van der Waals surface area contributed by atoms with Crippen LogP contribution in [-0.4, -0.2) is 4.98 Å². The Morgan fingerprint density at radius 1 is 1.38 bits per heavy atom. The Hall–Kier alpha value is -1.95. The number of hydrogen-bond donors (Lipinski definition) is 1. The van der Waals surface area contributed by atoms with Crippen LogP contribution in [0.1, 0.15) is 17.1 Å². The number of H-pyrrole nitrogens is 1. The first-order valence-corrected chi connectivity index (χ1v) is 3.99. The van der Waals surface area contributed by atoms with E-state index < -0.39 is 0 Å². The number of nitriles is 1. The third-order valence-electron chi connectivity index (χ3n) is 1.81. The van der Waals surface area contributed by atoms with Gasteiger partial charge in [0.15, 0.2) is 0 Å². The average Bonchev–Trinajstić information content (AvgIpc) is 2.76. The monoisotopic (exact) mass is 172 g/mol. The molecule has 2 aromatic heterocycles. The second kappa shape index (κ2) is 3.20. The van der Waals surface area contributed by atoms with E-state index in [2.05, 4.69) is 4.98 Å². The van der Waals surface area contributed by atoms with Gasteiger partial charge in [-0.2, -0.15) is 5.26 Å². The molecule has 0 saturated heterocycles. The molecule has 0 fully saturated rings. The van der Waals surface area contributed by atoms with Crippen molar-refractivity contribution in [2.45, 2.75) is 6.42 Å². The maximum atomic E-state index is 8.57. The standard InChI is InChI=1S/C10H8N2O/c11-7-9-4-3-8(12-9)6-10-2-1-5-13-10/h1-5,12H,6H2. The van der Waals surface area contributed by atoms with Gasteiger partial charge in [0.2, 0.25) is 0 Å². The van der Waals surface area contributed by atoms with Crippen LogP contribution in [0.25, 0.3) is 0 Å². The van der Waals surface area contributed by atoms with E-state index in [0.29, 0.717) is 12.1 Å². The van der Waals surface area contributed by atoms with Gasteiger partial charge >= 0.3 is 0 Å². The van der Waals surface area contributed by atoms with E-state index in [9.17, 15) is 0 Å². The number of aromatic nitrogens is 1. The van der Waals surface area contributed by atoms with Crippen LogP contribution in [0.3, 0.4) is 0 Å². The molecule has 0 radical (unpaired) electrons. The normalized spacial score (nSPS) is 9.77. The van der Waals surface area contributed by atoms with Crippen LogP contribution in [0.5, 0.6) is 0 Å². The molecule has 3 nitrogen and oxygen atoms in total. The van der Waals surface area contributed by atoms with Crippen molar-refractivity contribution in [1.82, 2.24) is 4.98 Å². The highest BCUT2D eigenvalue weighted by Crippen LogP contribution is 2.09. The minimum absolute atomic E-state index is 0.585. The zero-order chi connectivity index (χ0) is 9.10. The lowest BCUT2D eigenvalue weighted by Gasteiger charge is -1.91. The van der Waals surface area contributed by atoms with Gasteiger partial charge in [0.1, 0.15) is 17.5 Å². The first kappa shape index (κ1) is 7.69. The lowest BCUT2D eigenvalue weighted by molar-refractivity contribution is 0.519. The van der Waals surface area contributed by atoms with E-state index in [-0.39, 0.29) is 0 Å². The van der Waals surface area contributed by atoms with Crippen LogP contribution in [0, 0.1) is 11.3 Å². The summed E-state index contributed by atoms with van der Waals surface area (Å²) in [6.07, 6.45) is 2.35. The van der Waals surface area contributed by atoms with E-state index in [1.54, 1.807) is 12.3 Å². The van der Waals surface area contributed by atoms with Gasteiger partial charge < -0.3 is 9.40 Å². The van der Waals surface area contributed by atoms with E-state index >= 15 is 0 Å². The number of aromatic amines is 1. The molecule has 2 rings (SSSR count). The number of nitrogens with zero attached hydrogens (tertiary/aromatic N) is 1. The smallest absolute Gasteiger partial charge is 0.117 e. The average molecular weight is 172 g/mol. The van der Waals surface area contributed by atoms with Gasteiger partial charge in [-0.15, -0.1) is 0 Å². The second-order valence-corrected chi connectivity index (χ2v) is 2.77. The topological polar surface area (TPSA) is 52.7 Å². The van der Waals surface area contributed by atoms with Crippen LogP contribution < -0.4 is 0 Å². The maximum Gasteiger partial charge on any atom is 0.117 e. The van der Waals surface area contributed by atoms with Crippen LogP contribution in [-0.2, 0) is 6.42 Å². The number of rotatable bonds is 2. The quantitative estimate of drug-likeness (QED) is 0.753. The molecule has 64 valence electrons. The fourth-order valence-electron chi connectivity index (χ4n) is 1.21. The van der Waals surface area contributed by atoms with Gasteiger partial charge in [-0.1, -0.05) is 0 Å². The Balaban J connectivity index is 2.15. The Morgan fingerprint density at radius 2 is 2.31 bits per heavy atom. The lowest BCUT2D eigenvalue weighted by Crippen LogP contribution is -1.85. The summed E-state index contributed by atoms with van der Waals surface area (Å²) in [5.74, 6) is 0.895. The Morgan fingerprint density at radius 3 is 2.92 bits per heavy atom. The number of hydrogen-bond acceptors (Lipinski definition) is 2. The third-order valence-corrected chi connectivity index (χ3v) is 1.81. The molecular formula is C10H8N2O. The van der Waals surface area contributed by atoms with Crippen molar-refractivity contribution >= 4 is 0 Å². The van der Waals surface area contributed by atoms with E-state index in [1.165, 1.54) is 0 Å². The second-order valence-electron chi connectivity index (χ2n) is 2.77. The molecule has 0 amide bonds. The number of furan rings is 1. The van der Waals surface area contributed by atoms with Crippen molar-refractivity contribution in [3.8, 4) is 6.07 Å². The van der Waals surface area contributed by atoms with Crippen molar-refractivity contribution in [2.75, 3.05) is 0 Å². The van der Waals surface area contributed by atoms with Crippen molar-refractivity contribution in [3.05, 3.63) is 47.7 Å². The summed E-state index contributed by atoms with van der Waals surface area (Å²) in [6, 6.07) is 9.45. The molecule has 13 heavy (non-hydrogen) atoms. The molecule has 0 unspecified atom stereocenters. The van der Waals surface area contributed by atoms with E-state index in [0.717, 1.165) is 11.5 Å². The summed E-state index contributed by atoms with van der Waals surface area (Å²) in [7, 11) is 0. The highest BCUT2D eigenvalue weighted by atomic mass is 16.3. The van der Waals surface area contributed by atoms with E-state index in [1.807, 2.05) is 24.3 Å². The van der Waals surface area contributed by atoms with Crippen molar-refractivity contribution in [1.29, 1.82) is 5.26 Å². The summed E-state index contributed by atoms with van der Waals surface area (Å²) in [5.41, 5.74) is 1.58. The molecule has 0 saturated carbocycles. The zero-order valence-electron chi connectivity index (χ0n) is 6.95. The molecule has 2 heterocycles. The SMILES string of the molecule is N#Cc1ccc(Cc2ccco2)[nH]1. The van der Waals surface area contributed by atoms with Gasteiger partial charge in [-0.3, -0.25) is 0 Å². The number of nitrogens with one attached hydrogen (secondary N) is 1. The lowest BCUT2D eigenvalue weighted by atomic mass is 10.2. The molecule has 0 aliphatic heterocycles. The predicted octanol–water partition coefficient (Wildman–Crippen LogP) is 2.07. The molecule has 0 aromatic carbocycles. The van der Waals surface area contributed by atoms with Gasteiger partial charge in [-0.05, 0) is 24.3 Å². The molecular weight excluding hydrogens is 164 g/mol. The Labute approximate surface area is 75.6 Å². The zero-order valence-corrected chi connectivity index (χ0v) is 6.95. The summed E-state index contributed by atoms with van der Waals surface area (Å²) < 4.78 is 5.18. The molecule has 0 aliphatic rings.